The molecular weight excluding hydrogens is 884 g/mol. The molecule has 17 heteroatoms. The molecule has 8 rings (SSSR count). The van der Waals surface area contributed by atoms with Gasteiger partial charge in [-0.1, -0.05) is 23.2 Å². The zero-order valence-electron chi connectivity index (χ0n) is 34.0. The van der Waals surface area contributed by atoms with Gasteiger partial charge in [-0.3, -0.25) is 24.4 Å². The Kier molecular flexibility index (Phi) is 15.5. The Morgan fingerprint density at radius 3 is 1.67 bits per heavy atom. The number of hydrogen-bond acceptors (Lipinski definition) is 13. The highest BCUT2D eigenvalue weighted by Gasteiger charge is 2.27. The molecule has 2 aromatic carbocycles. The van der Waals surface area contributed by atoms with E-state index in [1.807, 2.05) is 42.5 Å². The number of carboxylic acids is 1. The van der Waals surface area contributed by atoms with Crippen molar-refractivity contribution in [2.24, 2.45) is 5.73 Å². The molecular formula is C46H42Cl2N6O7S2. The summed E-state index contributed by atoms with van der Waals surface area (Å²) in [7, 11) is 0. The maximum absolute atomic E-state index is 12.2. The molecule has 4 aromatic heterocycles. The van der Waals surface area contributed by atoms with E-state index in [2.05, 4.69) is 21.4 Å². The maximum atomic E-state index is 12.2. The number of pyridine rings is 2. The Balaban J connectivity index is 0.000000176. The topological polar surface area (TPSA) is 223 Å². The van der Waals surface area contributed by atoms with Gasteiger partial charge in [0.15, 0.2) is 11.6 Å². The lowest BCUT2D eigenvalue weighted by Crippen LogP contribution is -2.33. The molecule has 2 aliphatic heterocycles. The molecule has 0 fully saturated rings. The summed E-state index contributed by atoms with van der Waals surface area (Å²) in [6.45, 7) is 3.96. The van der Waals surface area contributed by atoms with Crippen LogP contribution in [0.5, 0.6) is 11.5 Å². The van der Waals surface area contributed by atoms with Gasteiger partial charge in [0.05, 0.1) is 26.3 Å². The number of nitrogens with two attached hydrogens (primary N) is 3. The van der Waals surface area contributed by atoms with E-state index in [0.29, 0.717) is 62.7 Å². The van der Waals surface area contributed by atoms with E-state index in [9.17, 15) is 19.2 Å². The van der Waals surface area contributed by atoms with Gasteiger partial charge in [0.1, 0.15) is 23.7 Å². The third-order valence-corrected chi connectivity index (χ3v) is 12.6. The number of carbonyl (C=O) groups excluding carboxylic acids is 3. The van der Waals surface area contributed by atoms with Gasteiger partial charge < -0.3 is 37.1 Å². The number of aliphatic carboxylic acids is 1. The number of anilines is 2. The molecule has 2 atom stereocenters. The van der Waals surface area contributed by atoms with E-state index < -0.39 is 5.97 Å². The number of aromatic nitrogens is 2. The summed E-state index contributed by atoms with van der Waals surface area (Å²) in [6, 6.07) is 18.7. The van der Waals surface area contributed by atoms with Crippen LogP contribution in [0.1, 0.15) is 55.4 Å². The summed E-state index contributed by atoms with van der Waals surface area (Å²) in [6.07, 6.45) is 12.9. The van der Waals surface area contributed by atoms with Crippen molar-refractivity contribution in [1.29, 1.82) is 0 Å². The predicted molar refractivity (Wildman–Crippen MR) is 251 cm³/mol. The van der Waals surface area contributed by atoms with Gasteiger partial charge in [0.25, 0.3) is 0 Å². The third kappa shape index (κ3) is 12.2. The van der Waals surface area contributed by atoms with Crippen molar-refractivity contribution in [1.82, 2.24) is 15.3 Å². The van der Waals surface area contributed by atoms with Gasteiger partial charge in [-0.15, -0.1) is 22.7 Å². The number of nitrogens with one attached hydrogen (secondary N) is 1. The number of ether oxygens (including phenoxy) is 2. The number of halogens is 2. The van der Waals surface area contributed by atoms with E-state index in [0.717, 1.165) is 55.1 Å². The standard InChI is InChI=1S/C23H20ClN3O3S.C15H14ClNO2S.C8H8N2O2/c1-13(28)20-3-4-21(31-20)15-8-16-9-17(30-23(16)18(24)10-15)12-27-22(29)5-2-14-11-26-7-6-19(14)25;1-8(18)13-2-3-14(20-13)9-4-10-5-11(7-17)19-15(10)12(16)6-9;9-7-3-4-10-5-6(7)1-2-8(11)12/h2-8,10-11,17H,9,12H2,1H3,(H2,25,26)(H,27,29);2-4,6,11H,5,7,17H2,1H3;1-5H,(H2,9,10)(H,11,12)/b5-2+;;2-1+. The molecule has 2 aliphatic rings. The third-order valence-electron chi connectivity index (χ3n) is 9.54. The van der Waals surface area contributed by atoms with Gasteiger partial charge in [0.2, 0.25) is 5.91 Å². The Bertz CT molecular complexity index is 2730. The lowest BCUT2D eigenvalue weighted by molar-refractivity contribution is -0.131. The van der Waals surface area contributed by atoms with Crippen LogP contribution in [0.15, 0.2) is 97.6 Å². The molecule has 1 amide bonds. The molecule has 0 bridgehead atoms. The molecule has 13 nitrogen and oxygen atoms in total. The van der Waals surface area contributed by atoms with E-state index in [1.165, 1.54) is 41.0 Å². The normalized spacial score (nSPS) is 14.7. The van der Waals surface area contributed by atoms with Crippen molar-refractivity contribution in [3.8, 4) is 32.4 Å². The average molecular weight is 926 g/mol. The molecule has 0 radical (unpaired) electrons. The predicted octanol–water partition coefficient (Wildman–Crippen LogP) is 8.68. The Morgan fingerprint density at radius 1 is 0.746 bits per heavy atom. The fourth-order valence-electron chi connectivity index (χ4n) is 6.38. The summed E-state index contributed by atoms with van der Waals surface area (Å²) in [5, 5.41) is 12.3. The first kappa shape index (κ1) is 46.2. The monoisotopic (exact) mass is 924 g/mol. The minimum atomic E-state index is -1.00. The summed E-state index contributed by atoms with van der Waals surface area (Å²) in [4.78, 5) is 56.5. The molecule has 0 spiro atoms. The molecule has 6 heterocycles. The Hall–Kier alpha value is -6.36. The van der Waals surface area contributed by atoms with E-state index in [1.54, 1.807) is 50.6 Å². The molecule has 0 saturated carbocycles. The van der Waals surface area contributed by atoms with E-state index in [-0.39, 0.29) is 29.7 Å². The molecule has 0 saturated heterocycles. The van der Waals surface area contributed by atoms with Crippen molar-refractivity contribution < 1.29 is 33.8 Å². The average Bonchev–Trinajstić information content (AvgIpc) is 4.09. The van der Waals surface area contributed by atoms with Crippen molar-refractivity contribution in [2.45, 2.75) is 38.9 Å². The van der Waals surface area contributed by atoms with Gasteiger partial charge in [-0.05, 0) is 97.8 Å². The van der Waals surface area contributed by atoms with Crippen LogP contribution in [-0.2, 0) is 22.4 Å². The van der Waals surface area contributed by atoms with Crippen LogP contribution in [0.2, 0.25) is 10.0 Å². The Labute approximate surface area is 381 Å². The number of carboxylic acid groups (broad SMARTS) is 1. The minimum absolute atomic E-state index is 0.00821. The summed E-state index contributed by atoms with van der Waals surface area (Å²) in [5.41, 5.74) is 23.4. The van der Waals surface area contributed by atoms with Gasteiger partial charge in [-0.25, -0.2) is 4.79 Å². The lowest BCUT2D eigenvalue weighted by atomic mass is 10.1. The molecule has 8 N–H and O–H groups in total. The highest BCUT2D eigenvalue weighted by Crippen LogP contribution is 2.42. The minimum Gasteiger partial charge on any atom is -0.487 e. The second-order valence-electron chi connectivity index (χ2n) is 14.2. The second kappa shape index (κ2) is 21.1. The summed E-state index contributed by atoms with van der Waals surface area (Å²) >= 11 is 15.7. The van der Waals surface area contributed by atoms with Crippen molar-refractivity contribution in [3.63, 3.8) is 0 Å². The fourth-order valence-corrected chi connectivity index (χ4v) is 8.73. The number of benzene rings is 2. The first-order valence-corrected chi connectivity index (χ1v) is 21.7. The zero-order valence-corrected chi connectivity index (χ0v) is 37.1. The number of rotatable bonds is 11. The van der Waals surface area contributed by atoms with Crippen LogP contribution in [0, 0.1) is 0 Å². The lowest BCUT2D eigenvalue weighted by Gasteiger charge is -2.11. The van der Waals surface area contributed by atoms with E-state index >= 15 is 0 Å². The molecule has 63 heavy (non-hydrogen) atoms. The second-order valence-corrected chi connectivity index (χ2v) is 17.2. The van der Waals surface area contributed by atoms with Crippen molar-refractivity contribution in [3.05, 3.63) is 140 Å². The quantitative estimate of drug-likeness (QED) is 0.0608. The number of nitrogen functional groups attached to an aromatic ring is 2. The smallest absolute Gasteiger partial charge is 0.328 e. The zero-order chi connectivity index (χ0) is 45.2. The van der Waals surface area contributed by atoms with Crippen molar-refractivity contribution in [2.75, 3.05) is 24.6 Å². The molecule has 324 valence electrons. The number of nitrogens with zero attached hydrogens (tertiary/aromatic N) is 2. The largest absolute Gasteiger partial charge is 0.487 e. The van der Waals surface area contributed by atoms with Crippen LogP contribution in [0.25, 0.3) is 33.0 Å². The number of carbonyl (C=O) groups is 4. The van der Waals surface area contributed by atoms with Crippen LogP contribution < -0.4 is 32.0 Å². The van der Waals surface area contributed by atoms with Gasteiger partial charge in [-0.2, -0.15) is 0 Å². The first-order chi connectivity index (χ1) is 30.2. The fraction of sp³-hybridized carbons (Fsp3) is 0.174. The highest BCUT2D eigenvalue weighted by atomic mass is 35.5. The van der Waals surface area contributed by atoms with Crippen LogP contribution in [0.4, 0.5) is 11.4 Å². The summed E-state index contributed by atoms with van der Waals surface area (Å²) in [5.74, 6) is 0.270. The van der Waals surface area contributed by atoms with Crippen LogP contribution in [-0.4, -0.2) is 63.8 Å². The van der Waals surface area contributed by atoms with Crippen molar-refractivity contribution >= 4 is 92.8 Å². The van der Waals surface area contributed by atoms with Gasteiger partial charge in [0, 0.05) is 99.7 Å². The molecule has 0 aliphatic carbocycles. The maximum Gasteiger partial charge on any atom is 0.328 e. The molecule has 2 unspecified atom stereocenters. The summed E-state index contributed by atoms with van der Waals surface area (Å²) < 4.78 is 11.7. The molecule has 6 aromatic rings. The Morgan fingerprint density at radius 2 is 1.22 bits per heavy atom. The SMILES string of the molecule is CC(=O)c1ccc(-c2cc(Cl)c3c(c2)CC(CN)O3)s1.CC(=O)c1ccc(-c2cc(Cl)c3c(c2)CC(CNC(=O)/C=C/c2cnccc2N)O3)s1.Nc1ccncc1/C=C/C(=O)O. The number of ketones is 2. The van der Waals surface area contributed by atoms with Crippen LogP contribution >= 0.6 is 45.9 Å². The number of amides is 1. The number of fused-ring (bicyclic) bond motifs is 2. The highest BCUT2D eigenvalue weighted by molar-refractivity contribution is 7.17. The van der Waals surface area contributed by atoms with Crippen LogP contribution in [0.3, 0.4) is 0 Å². The van der Waals surface area contributed by atoms with E-state index in [4.69, 9.17) is 55.0 Å². The number of thiophene rings is 2. The first-order valence-electron chi connectivity index (χ1n) is 19.3. The van der Waals surface area contributed by atoms with Gasteiger partial charge >= 0.3 is 5.97 Å². The number of hydrogen-bond donors (Lipinski definition) is 5. The number of Topliss-reactive ketones (excluding diaryl/α,β-unsaturated/α-hetero) is 2.